The highest BCUT2D eigenvalue weighted by atomic mass is 79.9. The van der Waals surface area contributed by atoms with Crippen LogP contribution in [0.1, 0.15) is 29.0 Å². The smallest absolute Gasteiger partial charge is 0.272 e. The molecule has 16 heavy (non-hydrogen) atoms. The van der Waals surface area contributed by atoms with Gasteiger partial charge >= 0.3 is 0 Å². The highest BCUT2D eigenvalue weighted by Crippen LogP contribution is 2.21. The molecule has 0 N–H and O–H groups in total. The number of halogens is 1. The average Bonchev–Trinajstić information content (AvgIpc) is 2.83. The van der Waals surface area contributed by atoms with Crippen LogP contribution in [0.4, 0.5) is 0 Å². The Morgan fingerprint density at radius 1 is 1.69 bits per heavy atom. The maximum Gasteiger partial charge on any atom is 0.272 e. The van der Waals surface area contributed by atoms with E-state index in [0.29, 0.717) is 11.7 Å². The Hall–Kier alpha value is -0.840. The minimum absolute atomic E-state index is 0.102. The quantitative estimate of drug-likeness (QED) is 0.777. The summed E-state index contributed by atoms with van der Waals surface area (Å²) in [4.78, 5) is 14.2. The zero-order chi connectivity index (χ0) is 11.7. The van der Waals surface area contributed by atoms with Crippen molar-refractivity contribution in [3.05, 3.63) is 17.5 Å². The number of hydrogen-bond acceptors (Lipinski definition) is 2. The zero-order valence-electron chi connectivity index (χ0n) is 9.61. The molecule has 0 aliphatic carbocycles. The molecule has 0 spiro atoms. The Morgan fingerprint density at radius 3 is 3.00 bits per heavy atom. The first kappa shape index (κ1) is 11.6. The minimum Gasteiger partial charge on any atom is -0.334 e. The number of aromatic nitrogens is 2. The molecule has 5 heteroatoms. The molecule has 0 bridgehead atoms. The predicted octanol–water partition coefficient (Wildman–Crippen LogP) is 1.73. The zero-order valence-corrected chi connectivity index (χ0v) is 11.2. The second-order valence-corrected chi connectivity index (χ2v) is 4.89. The monoisotopic (exact) mass is 285 g/mol. The fraction of sp³-hybridized carbons (Fsp3) is 0.636. The second-order valence-electron chi connectivity index (χ2n) is 4.24. The van der Waals surface area contributed by atoms with Gasteiger partial charge < -0.3 is 4.90 Å². The Bertz CT molecular complexity index is 402. The van der Waals surface area contributed by atoms with Gasteiger partial charge in [-0.2, -0.15) is 5.10 Å². The van der Waals surface area contributed by atoms with E-state index in [9.17, 15) is 4.79 Å². The molecule has 1 amide bonds. The summed E-state index contributed by atoms with van der Waals surface area (Å²) in [7, 11) is 1.82. The molecular weight excluding hydrogens is 270 g/mol. The van der Waals surface area contributed by atoms with E-state index in [0.717, 1.165) is 30.4 Å². The highest BCUT2D eigenvalue weighted by molar-refractivity contribution is 9.09. The minimum atomic E-state index is 0.102. The number of rotatable bonds is 2. The van der Waals surface area contributed by atoms with Gasteiger partial charge in [-0.1, -0.05) is 15.9 Å². The highest BCUT2D eigenvalue weighted by Gasteiger charge is 2.29. The van der Waals surface area contributed by atoms with E-state index >= 15 is 0 Å². The molecule has 0 radical (unpaired) electrons. The van der Waals surface area contributed by atoms with Gasteiger partial charge in [0.25, 0.3) is 5.91 Å². The van der Waals surface area contributed by atoms with Gasteiger partial charge in [-0.15, -0.1) is 0 Å². The standard InChI is InChI=1S/C11H16BrN3O/c1-8-6-10(14(2)13-8)11(16)15-5-3-4-9(15)7-12/h6,9H,3-5,7H2,1-2H3. The summed E-state index contributed by atoms with van der Waals surface area (Å²) in [6, 6.07) is 2.19. The van der Waals surface area contributed by atoms with Crippen LogP contribution in [0.15, 0.2) is 6.07 Å². The van der Waals surface area contributed by atoms with Crippen molar-refractivity contribution in [1.82, 2.24) is 14.7 Å². The van der Waals surface area contributed by atoms with Crippen LogP contribution >= 0.6 is 15.9 Å². The van der Waals surface area contributed by atoms with E-state index in [-0.39, 0.29) is 5.91 Å². The molecule has 4 nitrogen and oxygen atoms in total. The van der Waals surface area contributed by atoms with Crippen molar-refractivity contribution in [2.24, 2.45) is 7.05 Å². The van der Waals surface area contributed by atoms with Crippen molar-refractivity contribution in [2.75, 3.05) is 11.9 Å². The Kier molecular flexibility index (Phi) is 3.33. The molecule has 1 aromatic rings. The molecule has 1 unspecified atom stereocenters. The van der Waals surface area contributed by atoms with E-state index in [1.165, 1.54) is 0 Å². The maximum atomic E-state index is 12.3. The molecule has 88 valence electrons. The Morgan fingerprint density at radius 2 is 2.44 bits per heavy atom. The number of alkyl halides is 1. The third kappa shape index (κ3) is 2.00. The summed E-state index contributed by atoms with van der Waals surface area (Å²) < 4.78 is 1.67. The van der Waals surface area contributed by atoms with Crippen molar-refractivity contribution in [1.29, 1.82) is 0 Å². The predicted molar refractivity (Wildman–Crippen MR) is 65.8 cm³/mol. The maximum absolute atomic E-state index is 12.3. The fourth-order valence-corrected chi connectivity index (χ4v) is 2.89. The number of aryl methyl sites for hydroxylation is 2. The molecule has 1 aliphatic rings. The van der Waals surface area contributed by atoms with Crippen LogP contribution in [0.2, 0.25) is 0 Å². The van der Waals surface area contributed by atoms with Crippen molar-refractivity contribution < 1.29 is 4.79 Å². The molecule has 1 aliphatic heterocycles. The summed E-state index contributed by atoms with van der Waals surface area (Å²) in [5, 5.41) is 5.07. The lowest BCUT2D eigenvalue weighted by molar-refractivity contribution is 0.0739. The van der Waals surface area contributed by atoms with Crippen molar-refractivity contribution in [3.63, 3.8) is 0 Å². The van der Waals surface area contributed by atoms with Crippen molar-refractivity contribution in [2.45, 2.75) is 25.8 Å². The number of carbonyl (C=O) groups is 1. The number of likely N-dealkylation sites (tertiary alicyclic amines) is 1. The van der Waals surface area contributed by atoms with Crippen LogP contribution in [0, 0.1) is 6.92 Å². The molecule has 2 rings (SSSR count). The van der Waals surface area contributed by atoms with Crippen LogP contribution in [0.25, 0.3) is 0 Å². The van der Waals surface area contributed by atoms with E-state index in [1.54, 1.807) is 4.68 Å². The molecule has 2 heterocycles. The first-order valence-corrected chi connectivity index (χ1v) is 6.63. The topological polar surface area (TPSA) is 38.1 Å². The number of nitrogens with zero attached hydrogens (tertiary/aromatic N) is 3. The van der Waals surface area contributed by atoms with Crippen LogP contribution < -0.4 is 0 Å². The average molecular weight is 286 g/mol. The lowest BCUT2D eigenvalue weighted by Crippen LogP contribution is -2.37. The van der Waals surface area contributed by atoms with E-state index < -0.39 is 0 Å². The summed E-state index contributed by atoms with van der Waals surface area (Å²) >= 11 is 3.46. The van der Waals surface area contributed by atoms with E-state index in [4.69, 9.17) is 0 Å². The molecule has 1 saturated heterocycles. The second kappa shape index (κ2) is 4.57. The van der Waals surface area contributed by atoms with Crippen LogP contribution in [0.3, 0.4) is 0 Å². The number of carbonyl (C=O) groups excluding carboxylic acids is 1. The molecule has 1 aromatic heterocycles. The normalized spacial score (nSPS) is 20.4. The van der Waals surface area contributed by atoms with Gasteiger partial charge in [-0.3, -0.25) is 9.48 Å². The first-order valence-electron chi connectivity index (χ1n) is 5.51. The third-order valence-corrected chi connectivity index (χ3v) is 3.78. The van der Waals surface area contributed by atoms with Gasteiger partial charge in [0.2, 0.25) is 0 Å². The fourth-order valence-electron chi connectivity index (χ4n) is 2.22. The van der Waals surface area contributed by atoms with Crippen molar-refractivity contribution in [3.8, 4) is 0 Å². The third-order valence-electron chi connectivity index (χ3n) is 3.04. The van der Waals surface area contributed by atoms with Gasteiger partial charge in [0, 0.05) is 25.0 Å². The summed E-state index contributed by atoms with van der Waals surface area (Å²) in [5.74, 6) is 0.102. The van der Waals surface area contributed by atoms with Crippen LogP contribution in [-0.2, 0) is 7.05 Å². The summed E-state index contributed by atoms with van der Waals surface area (Å²) in [6.07, 6.45) is 2.19. The van der Waals surface area contributed by atoms with Crippen molar-refractivity contribution >= 4 is 21.8 Å². The first-order chi connectivity index (χ1) is 7.63. The van der Waals surface area contributed by atoms with Gasteiger partial charge in [0.1, 0.15) is 5.69 Å². The van der Waals surface area contributed by atoms with E-state index in [2.05, 4.69) is 21.0 Å². The lowest BCUT2D eigenvalue weighted by Gasteiger charge is -2.22. The van der Waals surface area contributed by atoms with Gasteiger partial charge in [-0.25, -0.2) is 0 Å². The Balaban J connectivity index is 2.21. The van der Waals surface area contributed by atoms with Gasteiger partial charge in [-0.05, 0) is 25.8 Å². The lowest BCUT2D eigenvalue weighted by atomic mass is 10.2. The SMILES string of the molecule is Cc1cc(C(=O)N2CCCC2CBr)n(C)n1. The number of hydrogen-bond donors (Lipinski definition) is 0. The van der Waals surface area contributed by atoms with Crippen LogP contribution in [-0.4, -0.2) is 38.5 Å². The summed E-state index contributed by atoms with van der Waals surface area (Å²) in [5.41, 5.74) is 1.57. The van der Waals surface area contributed by atoms with Gasteiger partial charge in [0.15, 0.2) is 0 Å². The molecule has 0 saturated carbocycles. The van der Waals surface area contributed by atoms with E-state index in [1.807, 2.05) is 24.9 Å². The number of amides is 1. The summed E-state index contributed by atoms with van der Waals surface area (Å²) in [6.45, 7) is 2.77. The molecule has 0 aromatic carbocycles. The molecule has 1 fully saturated rings. The van der Waals surface area contributed by atoms with Gasteiger partial charge in [0.05, 0.1) is 5.69 Å². The molecule has 1 atom stereocenters. The van der Waals surface area contributed by atoms with Crippen LogP contribution in [0.5, 0.6) is 0 Å². The Labute approximate surface area is 104 Å². The largest absolute Gasteiger partial charge is 0.334 e. The molecular formula is C11H16BrN3O.